The molecule has 0 heterocycles. The van der Waals surface area contributed by atoms with Gasteiger partial charge in [0.25, 0.3) is 0 Å². The van der Waals surface area contributed by atoms with E-state index in [0.717, 1.165) is 11.4 Å². The SMILES string of the molecule is COCCOc1ccc(NC(=O)CCNC(C)(C)C)cc1. The number of hydrogen-bond acceptors (Lipinski definition) is 4. The van der Waals surface area contributed by atoms with E-state index in [0.29, 0.717) is 26.2 Å². The van der Waals surface area contributed by atoms with E-state index in [4.69, 9.17) is 9.47 Å². The normalized spacial score (nSPS) is 11.2. The van der Waals surface area contributed by atoms with Gasteiger partial charge < -0.3 is 20.1 Å². The molecule has 0 radical (unpaired) electrons. The number of methoxy groups -OCH3 is 1. The van der Waals surface area contributed by atoms with Crippen molar-refractivity contribution in [2.75, 3.05) is 32.2 Å². The van der Waals surface area contributed by atoms with E-state index in [9.17, 15) is 4.79 Å². The molecule has 0 saturated carbocycles. The van der Waals surface area contributed by atoms with Crippen molar-refractivity contribution in [3.63, 3.8) is 0 Å². The van der Waals surface area contributed by atoms with Crippen LogP contribution in [0.1, 0.15) is 27.2 Å². The van der Waals surface area contributed by atoms with Gasteiger partial charge in [0.1, 0.15) is 12.4 Å². The van der Waals surface area contributed by atoms with E-state index in [-0.39, 0.29) is 11.4 Å². The predicted octanol–water partition coefficient (Wildman–Crippen LogP) is 2.43. The van der Waals surface area contributed by atoms with Crippen molar-refractivity contribution in [1.29, 1.82) is 0 Å². The Kier molecular flexibility index (Phi) is 7.19. The minimum Gasteiger partial charge on any atom is -0.491 e. The number of carbonyl (C=O) groups is 1. The van der Waals surface area contributed by atoms with Crippen molar-refractivity contribution in [1.82, 2.24) is 5.32 Å². The summed E-state index contributed by atoms with van der Waals surface area (Å²) >= 11 is 0. The van der Waals surface area contributed by atoms with E-state index < -0.39 is 0 Å². The summed E-state index contributed by atoms with van der Waals surface area (Å²) in [6.07, 6.45) is 0.448. The van der Waals surface area contributed by atoms with Crippen molar-refractivity contribution in [2.24, 2.45) is 0 Å². The fourth-order valence-electron chi connectivity index (χ4n) is 1.65. The number of hydrogen-bond donors (Lipinski definition) is 2. The third-order valence-corrected chi connectivity index (χ3v) is 2.70. The van der Waals surface area contributed by atoms with Crippen molar-refractivity contribution in [3.05, 3.63) is 24.3 Å². The van der Waals surface area contributed by atoms with E-state index >= 15 is 0 Å². The molecular formula is C16H26N2O3. The van der Waals surface area contributed by atoms with Crippen LogP contribution in [0.5, 0.6) is 5.75 Å². The lowest BCUT2D eigenvalue weighted by atomic mass is 10.1. The third kappa shape index (κ3) is 8.32. The van der Waals surface area contributed by atoms with Crippen LogP contribution in [-0.4, -0.2) is 38.3 Å². The number of ether oxygens (including phenoxy) is 2. The topological polar surface area (TPSA) is 59.6 Å². The fraction of sp³-hybridized carbons (Fsp3) is 0.562. The van der Waals surface area contributed by atoms with Gasteiger partial charge in [0.2, 0.25) is 5.91 Å². The molecule has 2 N–H and O–H groups in total. The summed E-state index contributed by atoms with van der Waals surface area (Å²) in [5, 5.41) is 6.15. The minimum absolute atomic E-state index is 0.000184. The van der Waals surface area contributed by atoms with Crippen LogP contribution < -0.4 is 15.4 Å². The highest BCUT2D eigenvalue weighted by Crippen LogP contribution is 2.15. The minimum atomic E-state index is -0.000184. The van der Waals surface area contributed by atoms with E-state index in [1.165, 1.54) is 0 Å². The lowest BCUT2D eigenvalue weighted by Crippen LogP contribution is -2.37. The average Bonchev–Trinajstić information content (AvgIpc) is 2.39. The summed E-state index contributed by atoms with van der Waals surface area (Å²) in [6, 6.07) is 7.33. The van der Waals surface area contributed by atoms with E-state index in [2.05, 4.69) is 31.4 Å². The molecule has 1 rings (SSSR count). The second-order valence-corrected chi connectivity index (χ2v) is 5.84. The fourth-order valence-corrected chi connectivity index (χ4v) is 1.65. The van der Waals surface area contributed by atoms with Crippen LogP contribution in [0, 0.1) is 0 Å². The highest BCUT2D eigenvalue weighted by atomic mass is 16.5. The lowest BCUT2D eigenvalue weighted by molar-refractivity contribution is -0.116. The number of rotatable bonds is 8. The van der Waals surface area contributed by atoms with E-state index in [1.54, 1.807) is 7.11 Å². The Labute approximate surface area is 127 Å². The maximum absolute atomic E-state index is 11.8. The summed E-state index contributed by atoms with van der Waals surface area (Å²) in [4.78, 5) is 11.8. The molecule has 0 saturated heterocycles. The van der Waals surface area contributed by atoms with Crippen molar-refractivity contribution in [3.8, 4) is 5.75 Å². The summed E-state index contributed by atoms with van der Waals surface area (Å²) < 4.78 is 10.4. The predicted molar refractivity (Wildman–Crippen MR) is 84.8 cm³/mol. The molecule has 118 valence electrons. The summed E-state index contributed by atoms with van der Waals surface area (Å²) in [6.45, 7) is 7.96. The van der Waals surface area contributed by atoms with Gasteiger partial charge >= 0.3 is 0 Å². The summed E-state index contributed by atoms with van der Waals surface area (Å²) in [7, 11) is 1.64. The summed E-state index contributed by atoms with van der Waals surface area (Å²) in [5.74, 6) is 0.763. The van der Waals surface area contributed by atoms with Gasteiger partial charge in [-0.15, -0.1) is 0 Å². The van der Waals surface area contributed by atoms with Gasteiger partial charge in [-0.2, -0.15) is 0 Å². The van der Waals surface area contributed by atoms with E-state index in [1.807, 2.05) is 24.3 Å². The molecule has 0 atom stereocenters. The smallest absolute Gasteiger partial charge is 0.225 e. The van der Waals surface area contributed by atoms with Crippen LogP contribution in [0.15, 0.2) is 24.3 Å². The van der Waals surface area contributed by atoms with Gasteiger partial charge in [-0.1, -0.05) is 0 Å². The molecule has 0 bridgehead atoms. The Balaban J connectivity index is 2.32. The zero-order chi connectivity index (χ0) is 15.7. The van der Waals surface area contributed by atoms with Gasteiger partial charge in [0.15, 0.2) is 0 Å². The molecule has 1 aromatic rings. The molecule has 0 aliphatic rings. The molecule has 0 fully saturated rings. The molecule has 0 spiro atoms. The van der Waals surface area contributed by atoms with Crippen molar-refractivity contribution in [2.45, 2.75) is 32.7 Å². The first-order valence-corrected chi connectivity index (χ1v) is 7.17. The Hall–Kier alpha value is -1.59. The Bertz CT molecular complexity index is 424. The zero-order valence-electron chi connectivity index (χ0n) is 13.4. The third-order valence-electron chi connectivity index (χ3n) is 2.70. The molecule has 1 aromatic carbocycles. The maximum Gasteiger partial charge on any atom is 0.225 e. The molecule has 1 amide bonds. The largest absolute Gasteiger partial charge is 0.491 e. The average molecular weight is 294 g/mol. The standard InChI is InChI=1S/C16H26N2O3/c1-16(2,3)17-10-9-15(19)18-13-5-7-14(8-6-13)21-12-11-20-4/h5-8,17H,9-12H2,1-4H3,(H,18,19). The quantitative estimate of drug-likeness (QED) is 0.723. The van der Waals surface area contributed by atoms with Gasteiger partial charge in [-0.25, -0.2) is 0 Å². The maximum atomic E-state index is 11.8. The molecule has 0 unspecified atom stereocenters. The first kappa shape index (κ1) is 17.5. The van der Waals surface area contributed by atoms with Crippen LogP contribution in [-0.2, 0) is 9.53 Å². The highest BCUT2D eigenvalue weighted by molar-refractivity contribution is 5.90. The Morgan fingerprint density at radius 1 is 1.14 bits per heavy atom. The number of amides is 1. The Morgan fingerprint density at radius 3 is 2.38 bits per heavy atom. The molecule has 0 aliphatic heterocycles. The van der Waals surface area contributed by atoms with Crippen molar-refractivity contribution < 1.29 is 14.3 Å². The number of anilines is 1. The highest BCUT2D eigenvalue weighted by Gasteiger charge is 2.09. The zero-order valence-corrected chi connectivity index (χ0v) is 13.4. The summed E-state index contributed by atoms with van der Waals surface area (Å²) in [5.41, 5.74) is 0.802. The molecular weight excluding hydrogens is 268 g/mol. The van der Waals surface area contributed by atoms with Gasteiger partial charge in [0, 0.05) is 31.3 Å². The molecule has 0 aliphatic carbocycles. The Morgan fingerprint density at radius 2 is 1.81 bits per heavy atom. The van der Waals surface area contributed by atoms with Crippen LogP contribution in [0.2, 0.25) is 0 Å². The van der Waals surface area contributed by atoms with Gasteiger partial charge in [-0.3, -0.25) is 4.79 Å². The second kappa shape index (κ2) is 8.64. The molecule has 0 aromatic heterocycles. The number of nitrogens with one attached hydrogen (secondary N) is 2. The van der Waals surface area contributed by atoms with Crippen LogP contribution in [0.4, 0.5) is 5.69 Å². The van der Waals surface area contributed by atoms with Gasteiger partial charge in [0.05, 0.1) is 6.61 Å². The monoisotopic (exact) mass is 294 g/mol. The van der Waals surface area contributed by atoms with Crippen molar-refractivity contribution >= 4 is 11.6 Å². The lowest BCUT2D eigenvalue weighted by Gasteiger charge is -2.20. The molecule has 5 nitrogen and oxygen atoms in total. The van der Waals surface area contributed by atoms with Crippen LogP contribution in [0.3, 0.4) is 0 Å². The van der Waals surface area contributed by atoms with Crippen LogP contribution in [0.25, 0.3) is 0 Å². The number of benzene rings is 1. The first-order valence-electron chi connectivity index (χ1n) is 7.17. The number of carbonyl (C=O) groups excluding carboxylic acids is 1. The second-order valence-electron chi connectivity index (χ2n) is 5.84. The molecule has 5 heteroatoms. The van der Waals surface area contributed by atoms with Crippen LogP contribution >= 0.6 is 0 Å². The molecule has 21 heavy (non-hydrogen) atoms. The van der Waals surface area contributed by atoms with Gasteiger partial charge in [-0.05, 0) is 45.0 Å². The first-order chi connectivity index (χ1) is 9.90.